The van der Waals surface area contributed by atoms with E-state index in [4.69, 9.17) is 4.74 Å². The van der Waals surface area contributed by atoms with E-state index in [1.807, 2.05) is 0 Å². The molecule has 2 aliphatic heterocycles. The van der Waals surface area contributed by atoms with E-state index in [1.165, 1.54) is 18.2 Å². The summed E-state index contributed by atoms with van der Waals surface area (Å²) in [5.41, 5.74) is 0.151. The third-order valence-corrected chi connectivity index (χ3v) is 5.80. The number of halogens is 2. The predicted molar refractivity (Wildman–Crippen MR) is 116 cm³/mol. The first-order valence-electron chi connectivity index (χ1n) is 11.0. The Morgan fingerprint density at radius 1 is 1.20 bits per heavy atom. The van der Waals surface area contributed by atoms with Gasteiger partial charge in [0.2, 0.25) is 0 Å². The van der Waals surface area contributed by atoms with E-state index >= 15 is 0 Å². The lowest BCUT2D eigenvalue weighted by molar-refractivity contribution is 0.0320. The monoisotopic (exact) mass is 423 g/mol. The molecule has 0 spiro atoms. The van der Waals surface area contributed by atoms with Crippen LogP contribution < -0.4 is 10.6 Å². The van der Waals surface area contributed by atoms with E-state index in [1.54, 1.807) is 7.05 Å². The minimum Gasteiger partial charge on any atom is -0.379 e. The molecule has 0 aromatic heterocycles. The van der Waals surface area contributed by atoms with Crippen LogP contribution in [0.1, 0.15) is 25.3 Å². The molecule has 2 atom stereocenters. The van der Waals surface area contributed by atoms with Crippen LogP contribution in [0.15, 0.2) is 23.2 Å². The number of likely N-dealkylation sites (tertiary alicyclic amines) is 1. The summed E-state index contributed by atoms with van der Waals surface area (Å²) < 4.78 is 33.4. The van der Waals surface area contributed by atoms with Crippen molar-refractivity contribution in [1.82, 2.24) is 20.4 Å². The van der Waals surface area contributed by atoms with Crippen LogP contribution in [-0.4, -0.2) is 81.3 Å². The molecule has 2 heterocycles. The van der Waals surface area contributed by atoms with Crippen molar-refractivity contribution in [3.8, 4) is 0 Å². The number of aliphatic imine (C=N–C) groups is 1. The van der Waals surface area contributed by atoms with E-state index in [9.17, 15) is 8.78 Å². The topological polar surface area (TPSA) is 52.1 Å². The fraction of sp³-hybridized carbons (Fsp3) is 0.682. The Morgan fingerprint density at radius 3 is 2.63 bits per heavy atom. The smallest absolute Gasteiger partial charge is 0.191 e. The van der Waals surface area contributed by atoms with Gasteiger partial charge in [0.15, 0.2) is 5.96 Å². The van der Waals surface area contributed by atoms with E-state index < -0.39 is 11.6 Å². The fourth-order valence-electron chi connectivity index (χ4n) is 4.17. The van der Waals surface area contributed by atoms with Gasteiger partial charge in [-0.1, -0.05) is 13.0 Å². The first-order valence-corrected chi connectivity index (χ1v) is 11.0. The van der Waals surface area contributed by atoms with Crippen molar-refractivity contribution in [3.05, 3.63) is 35.4 Å². The van der Waals surface area contributed by atoms with Gasteiger partial charge in [-0.05, 0) is 37.4 Å². The molecule has 0 aliphatic carbocycles. The van der Waals surface area contributed by atoms with Crippen LogP contribution in [-0.2, 0) is 11.3 Å². The first-order chi connectivity index (χ1) is 14.5. The number of nitrogens with one attached hydrogen (secondary N) is 2. The van der Waals surface area contributed by atoms with Gasteiger partial charge in [0.05, 0.1) is 13.2 Å². The maximum Gasteiger partial charge on any atom is 0.191 e. The number of hydrogen-bond donors (Lipinski definition) is 2. The van der Waals surface area contributed by atoms with Crippen molar-refractivity contribution in [1.29, 1.82) is 0 Å². The predicted octanol–water partition coefficient (Wildman–Crippen LogP) is 2.06. The average molecular weight is 424 g/mol. The summed E-state index contributed by atoms with van der Waals surface area (Å²) >= 11 is 0. The molecule has 30 heavy (non-hydrogen) atoms. The number of benzene rings is 1. The summed E-state index contributed by atoms with van der Waals surface area (Å²) in [5.74, 6) is 0.329. The number of nitrogens with zero attached hydrogens (tertiary/aromatic N) is 3. The van der Waals surface area contributed by atoms with Gasteiger partial charge in [-0.25, -0.2) is 8.78 Å². The molecule has 2 fully saturated rings. The zero-order chi connectivity index (χ0) is 21.3. The molecule has 2 N–H and O–H groups in total. The van der Waals surface area contributed by atoms with Crippen LogP contribution >= 0.6 is 0 Å². The van der Waals surface area contributed by atoms with Crippen molar-refractivity contribution in [3.63, 3.8) is 0 Å². The molecule has 2 aliphatic rings. The Bertz CT molecular complexity index is 676. The third kappa shape index (κ3) is 6.89. The van der Waals surface area contributed by atoms with E-state index in [0.29, 0.717) is 12.5 Å². The normalized spacial score (nSPS) is 22.7. The van der Waals surface area contributed by atoms with E-state index in [-0.39, 0.29) is 11.6 Å². The standard InChI is InChI=1S/C22H35F2N5O/c1-17(14-28-9-11-30-12-10-28)13-26-22(25-2)27-18-5-4-8-29(15-18)16-19-20(23)6-3-7-21(19)24/h3,6-7,17-18H,4-5,8-16H2,1-2H3,(H2,25,26,27). The van der Waals surface area contributed by atoms with Crippen LogP contribution in [0.2, 0.25) is 0 Å². The van der Waals surface area contributed by atoms with Gasteiger partial charge >= 0.3 is 0 Å². The maximum atomic E-state index is 14.0. The summed E-state index contributed by atoms with van der Waals surface area (Å²) in [6.07, 6.45) is 2.00. The quantitative estimate of drug-likeness (QED) is 0.520. The minimum atomic E-state index is -0.475. The Hall–Kier alpha value is -1.77. The van der Waals surface area contributed by atoms with Crippen LogP contribution in [0.3, 0.4) is 0 Å². The molecule has 1 aromatic rings. The summed E-state index contributed by atoms with van der Waals surface area (Å²) in [6.45, 7) is 9.62. The SMILES string of the molecule is CN=C(NCC(C)CN1CCOCC1)NC1CCCN(Cc2c(F)cccc2F)C1. The van der Waals surface area contributed by atoms with Crippen LogP contribution in [0, 0.1) is 17.6 Å². The number of guanidine groups is 1. The molecule has 0 radical (unpaired) electrons. The maximum absolute atomic E-state index is 14.0. The summed E-state index contributed by atoms with van der Waals surface area (Å²) in [5, 5.41) is 6.92. The first kappa shape index (κ1) is 22.9. The number of rotatable bonds is 7. The van der Waals surface area contributed by atoms with E-state index in [2.05, 4.69) is 32.3 Å². The highest BCUT2D eigenvalue weighted by Gasteiger charge is 2.23. The fourth-order valence-corrected chi connectivity index (χ4v) is 4.17. The molecule has 6 nitrogen and oxygen atoms in total. The second-order valence-corrected chi connectivity index (χ2v) is 8.39. The number of hydrogen-bond acceptors (Lipinski definition) is 4. The van der Waals surface area contributed by atoms with Crippen molar-refractivity contribution >= 4 is 5.96 Å². The highest BCUT2D eigenvalue weighted by molar-refractivity contribution is 5.80. The number of ether oxygens (including phenoxy) is 1. The van der Waals surface area contributed by atoms with Gasteiger partial charge in [0.25, 0.3) is 0 Å². The Morgan fingerprint density at radius 2 is 1.93 bits per heavy atom. The molecule has 2 saturated heterocycles. The third-order valence-electron chi connectivity index (χ3n) is 5.80. The minimum absolute atomic E-state index is 0.151. The lowest BCUT2D eigenvalue weighted by atomic mass is 10.0. The molecule has 8 heteroatoms. The van der Waals surface area contributed by atoms with Crippen molar-refractivity contribution in [2.75, 3.05) is 59.5 Å². The second-order valence-electron chi connectivity index (χ2n) is 8.39. The average Bonchev–Trinajstić information content (AvgIpc) is 2.75. The van der Waals surface area contributed by atoms with Crippen LogP contribution in [0.5, 0.6) is 0 Å². The van der Waals surface area contributed by atoms with Gasteiger partial charge in [-0.15, -0.1) is 0 Å². The molecular weight excluding hydrogens is 388 g/mol. The summed E-state index contributed by atoms with van der Waals surface area (Å²) in [4.78, 5) is 8.91. The van der Waals surface area contributed by atoms with E-state index in [0.717, 1.165) is 71.3 Å². The van der Waals surface area contributed by atoms with Gasteiger partial charge in [-0.3, -0.25) is 14.8 Å². The zero-order valence-corrected chi connectivity index (χ0v) is 18.2. The molecule has 0 bridgehead atoms. The molecule has 0 amide bonds. The highest BCUT2D eigenvalue weighted by Crippen LogP contribution is 2.18. The molecule has 3 rings (SSSR count). The molecule has 0 saturated carbocycles. The largest absolute Gasteiger partial charge is 0.379 e. The Labute approximate surface area is 178 Å². The highest BCUT2D eigenvalue weighted by atomic mass is 19.1. The molecule has 1 aromatic carbocycles. The second kappa shape index (κ2) is 11.6. The van der Waals surface area contributed by atoms with Crippen molar-refractivity contribution < 1.29 is 13.5 Å². The van der Waals surface area contributed by atoms with Gasteiger partial charge in [0.1, 0.15) is 11.6 Å². The van der Waals surface area contributed by atoms with Crippen molar-refractivity contribution in [2.24, 2.45) is 10.9 Å². The van der Waals surface area contributed by atoms with Gasteiger partial charge in [-0.2, -0.15) is 0 Å². The van der Waals surface area contributed by atoms with Gasteiger partial charge < -0.3 is 15.4 Å². The lowest BCUT2D eigenvalue weighted by Crippen LogP contribution is -2.52. The van der Waals surface area contributed by atoms with Gasteiger partial charge in [0, 0.05) is 57.9 Å². The Balaban J connectivity index is 1.44. The molecular formula is C22H35F2N5O. The zero-order valence-electron chi connectivity index (χ0n) is 18.2. The lowest BCUT2D eigenvalue weighted by Gasteiger charge is -2.34. The molecule has 168 valence electrons. The number of piperidine rings is 1. The van der Waals surface area contributed by atoms with Crippen molar-refractivity contribution in [2.45, 2.75) is 32.4 Å². The molecule has 2 unspecified atom stereocenters. The van der Waals surface area contributed by atoms with Crippen LogP contribution in [0.25, 0.3) is 0 Å². The number of morpholine rings is 1. The summed E-state index contributed by atoms with van der Waals surface area (Å²) in [6, 6.07) is 4.25. The van der Waals surface area contributed by atoms with Crippen LogP contribution in [0.4, 0.5) is 8.78 Å². The Kier molecular flexibility index (Phi) is 8.84. The summed E-state index contributed by atoms with van der Waals surface area (Å²) in [7, 11) is 1.78.